The van der Waals surface area contributed by atoms with E-state index in [0.717, 1.165) is 16.7 Å². The molecule has 0 fully saturated rings. The molecule has 4 rings (SSSR count). The first-order valence-electron chi connectivity index (χ1n) is 7.82. The number of benzene rings is 3. The zero-order chi connectivity index (χ0) is 16.7. The molecule has 1 aliphatic rings. The third-order valence-corrected chi connectivity index (χ3v) is 6.82. The molecule has 120 valence electrons. The Kier molecular flexibility index (Phi) is 3.56. The first-order valence-corrected chi connectivity index (χ1v) is 9.52. The monoisotopic (exact) mass is 336 g/mol. The van der Waals surface area contributed by atoms with Crippen molar-refractivity contribution in [3.63, 3.8) is 0 Å². The average Bonchev–Trinajstić information content (AvgIpc) is 2.62. The van der Waals surface area contributed by atoms with E-state index in [-0.39, 0.29) is 0 Å². The van der Waals surface area contributed by atoms with Gasteiger partial charge in [-0.15, -0.1) is 0 Å². The number of hydrogen-bond acceptors (Lipinski definition) is 3. The smallest absolute Gasteiger partial charge is 0.310 e. The SMILES string of the molecule is Cc1ccc(C(O)P2(=O)Oc3ccccc3-c3ccccc32)cc1. The Hall–Kier alpha value is -2.35. The highest BCUT2D eigenvalue weighted by Gasteiger charge is 2.42. The van der Waals surface area contributed by atoms with Crippen LogP contribution in [-0.2, 0) is 4.57 Å². The lowest BCUT2D eigenvalue weighted by atomic mass is 10.0. The summed E-state index contributed by atoms with van der Waals surface area (Å²) in [6.45, 7) is 1.97. The van der Waals surface area contributed by atoms with Gasteiger partial charge < -0.3 is 9.63 Å². The van der Waals surface area contributed by atoms with Gasteiger partial charge in [0.25, 0.3) is 0 Å². The molecule has 0 radical (unpaired) electrons. The molecule has 1 N–H and O–H groups in total. The number of aliphatic hydroxyl groups is 1. The second-order valence-corrected chi connectivity index (χ2v) is 8.33. The van der Waals surface area contributed by atoms with Gasteiger partial charge in [-0.3, -0.25) is 4.57 Å². The summed E-state index contributed by atoms with van der Waals surface area (Å²) in [6, 6.07) is 22.3. The molecule has 4 heteroatoms. The van der Waals surface area contributed by atoms with Crippen LogP contribution in [0.5, 0.6) is 5.75 Å². The van der Waals surface area contributed by atoms with Crippen LogP contribution in [0.1, 0.15) is 17.0 Å². The van der Waals surface area contributed by atoms with Crippen molar-refractivity contribution >= 4 is 12.7 Å². The van der Waals surface area contributed by atoms with Crippen molar-refractivity contribution in [1.82, 2.24) is 0 Å². The summed E-state index contributed by atoms with van der Waals surface area (Å²) in [5, 5.41) is 11.4. The first kappa shape index (κ1) is 15.2. The second kappa shape index (κ2) is 5.62. The Labute approximate surface area is 141 Å². The van der Waals surface area contributed by atoms with Gasteiger partial charge in [0.1, 0.15) is 5.75 Å². The van der Waals surface area contributed by atoms with E-state index < -0.39 is 13.2 Å². The minimum atomic E-state index is -3.51. The van der Waals surface area contributed by atoms with Crippen molar-refractivity contribution in [2.24, 2.45) is 0 Å². The zero-order valence-electron chi connectivity index (χ0n) is 13.2. The molecular weight excluding hydrogens is 319 g/mol. The predicted octanol–water partition coefficient (Wildman–Crippen LogP) is 4.65. The Morgan fingerprint density at radius 1 is 0.875 bits per heavy atom. The molecule has 0 spiro atoms. The number of aliphatic hydroxyl groups excluding tert-OH is 1. The second-order valence-electron chi connectivity index (χ2n) is 5.99. The fraction of sp³-hybridized carbons (Fsp3) is 0.100. The molecule has 2 unspecified atom stereocenters. The third kappa shape index (κ3) is 2.29. The van der Waals surface area contributed by atoms with Gasteiger partial charge in [0.15, 0.2) is 5.85 Å². The Morgan fingerprint density at radius 3 is 2.25 bits per heavy atom. The third-order valence-electron chi connectivity index (χ3n) is 4.35. The standard InChI is InChI=1S/C20H17O3P/c1-14-10-12-15(13-11-14)20(21)24(22)19-9-5-3-7-17(19)16-6-2-4-8-18(16)23-24/h2-13,20-21H,1H3. The molecule has 0 amide bonds. The van der Waals surface area contributed by atoms with Crippen molar-refractivity contribution in [3.05, 3.63) is 83.9 Å². The van der Waals surface area contributed by atoms with Gasteiger partial charge in [-0.1, -0.05) is 66.2 Å². The van der Waals surface area contributed by atoms with Crippen LogP contribution in [0.4, 0.5) is 0 Å². The van der Waals surface area contributed by atoms with E-state index >= 15 is 0 Å². The van der Waals surface area contributed by atoms with Crippen molar-refractivity contribution in [2.75, 3.05) is 0 Å². The molecule has 1 aliphatic heterocycles. The number of rotatable bonds is 2. The summed E-state index contributed by atoms with van der Waals surface area (Å²) in [4.78, 5) is 0. The van der Waals surface area contributed by atoms with Crippen molar-refractivity contribution < 1.29 is 14.2 Å². The summed E-state index contributed by atoms with van der Waals surface area (Å²) in [6.07, 6.45) is 0. The van der Waals surface area contributed by atoms with E-state index in [4.69, 9.17) is 4.52 Å². The minimum absolute atomic E-state index is 0.547. The highest BCUT2D eigenvalue weighted by molar-refractivity contribution is 7.68. The van der Waals surface area contributed by atoms with Crippen molar-refractivity contribution in [2.45, 2.75) is 12.8 Å². The number of hydrogen-bond donors (Lipinski definition) is 1. The highest BCUT2D eigenvalue weighted by atomic mass is 31.2. The maximum absolute atomic E-state index is 13.7. The summed E-state index contributed by atoms with van der Waals surface area (Å²) in [5.41, 5.74) is 3.43. The van der Waals surface area contributed by atoms with Gasteiger partial charge >= 0.3 is 7.37 Å². The van der Waals surface area contributed by atoms with Crippen LogP contribution in [0, 0.1) is 6.92 Å². The quantitative estimate of drug-likeness (QED) is 0.693. The van der Waals surface area contributed by atoms with Crippen molar-refractivity contribution in [3.8, 4) is 16.9 Å². The van der Waals surface area contributed by atoms with E-state index in [1.165, 1.54) is 0 Å². The molecule has 0 aliphatic carbocycles. The fourth-order valence-electron chi connectivity index (χ4n) is 3.05. The average molecular weight is 336 g/mol. The Balaban J connectivity index is 1.89. The lowest BCUT2D eigenvalue weighted by Crippen LogP contribution is -2.22. The van der Waals surface area contributed by atoms with Gasteiger partial charge in [-0.05, 0) is 30.2 Å². The van der Waals surface area contributed by atoms with Crippen LogP contribution in [0.15, 0.2) is 72.8 Å². The number of para-hydroxylation sites is 1. The normalized spacial score (nSPS) is 19.8. The van der Waals surface area contributed by atoms with Gasteiger partial charge in [0, 0.05) is 5.56 Å². The highest BCUT2D eigenvalue weighted by Crippen LogP contribution is 2.62. The van der Waals surface area contributed by atoms with E-state index in [1.54, 1.807) is 24.3 Å². The zero-order valence-corrected chi connectivity index (χ0v) is 14.1. The van der Waals surface area contributed by atoms with Crippen LogP contribution in [-0.4, -0.2) is 5.11 Å². The van der Waals surface area contributed by atoms with Gasteiger partial charge in [0.05, 0.1) is 5.30 Å². The maximum atomic E-state index is 13.7. The first-order chi connectivity index (χ1) is 11.6. The predicted molar refractivity (Wildman–Crippen MR) is 95.9 cm³/mol. The van der Waals surface area contributed by atoms with Crippen molar-refractivity contribution in [1.29, 1.82) is 0 Å². The molecule has 3 nitrogen and oxygen atoms in total. The lowest BCUT2D eigenvalue weighted by Gasteiger charge is -2.31. The summed E-state index contributed by atoms with van der Waals surface area (Å²) < 4.78 is 19.6. The molecular formula is C20H17O3P. The van der Waals surface area contributed by atoms with Gasteiger partial charge in [-0.2, -0.15) is 0 Å². The molecule has 1 heterocycles. The van der Waals surface area contributed by atoms with E-state index in [9.17, 15) is 9.67 Å². The molecule has 0 bridgehead atoms. The molecule has 2 atom stereocenters. The minimum Gasteiger partial charge on any atom is -0.437 e. The molecule has 0 aromatic heterocycles. The summed E-state index contributed by atoms with van der Waals surface area (Å²) in [7, 11) is -3.51. The van der Waals surface area contributed by atoms with E-state index in [0.29, 0.717) is 16.6 Å². The molecule has 0 saturated heterocycles. The van der Waals surface area contributed by atoms with E-state index in [2.05, 4.69) is 0 Å². The van der Waals surface area contributed by atoms with Gasteiger partial charge in [-0.25, -0.2) is 0 Å². The number of aryl methyl sites for hydroxylation is 1. The molecule has 3 aromatic carbocycles. The maximum Gasteiger partial charge on any atom is 0.310 e. The summed E-state index contributed by atoms with van der Waals surface area (Å²) in [5.74, 6) is -0.654. The van der Waals surface area contributed by atoms with Crippen LogP contribution in [0.2, 0.25) is 0 Å². The summed E-state index contributed by atoms with van der Waals surface area (Å²) >= 11 is 0. The molecule has 3 aromatic rings. The Bertz CT molecular complexity index is 947. The molecule has 0 saturated carbocycles. The molecule has 24 heavy (non-hydrogen) atoms. The lowest BCUT2D eigenvalue weighted by molar-refractivity contribution is 0.240. The fourth-order valence-corrected chi connectivity index (χ4v) is 5.36. The topological polar surface area (TPSA) is 46.5 Å². The van der Waals surface area contributed by atoms with Crippen LogP contribution in [0.25, 0.3) is 11.1 Å². The largest absolute Gasteiger partial charge is 0.437 e. The van der Waals surface area contributed by atoms with Crippen LogP contribution >= 0.6 is 7.37 Å². The number of fused-ring (bicyclic) bond motifs is 3. The van der Waals surface area contributed by atoms with Crippen LogP contribution in [0.3, 0.4) is 0 Å². The van der Waals surface area contributed by atoms with E-state index in [1.807, 2.05) is 55.5 Å². The van der Waals surface area contributed by atoms with Gasteiger partial charge in [0.2, 0.25) is 0 Å². The van der Waals surface area contributed by atoms with Crippen LogP contribution < -0.4 is 9.83 Å². The Morgan fingerprint density at radius 2 is 1.50 bits per heavy atom.